The summed E-state index contributed by atoms with van der Waals surface area (Å²) < 4.78 is 41.8. The van der Waals surface area contributed by atoms with Gasteiger partial charge in [0, 0.05) is 19.9 Å². The first kappa shape index (κ1) is 16.9. The molecule has 0 saturated carbocycles. The lowest BCUT2D eigenvalue weighted by Crippen LogP contribution is -2.11. The van der Waals surface area contributed by atoms with Gasteiger partial charge in [0.2, 0.25) is 0 Å². The molecule has 1 saturated heterocycles. The van der Waals surface area contributed by atoms with Gasteiger partial charge in [-0.3, -0.25) is 4.68 Å². The zero-order chi connectivity index (χ0) is 17.0. The van der Waals surface area contributed by atoms with E-state index in [1.807, 2.05) is 12.1 Å². The predicted octanol–water partition coefficient (Wildman–Crippen LogP) is 1.80. The molecule has 7 nitrogen and oxygen atoms in total. The van der Waals surface area contributed by atoms with E-state index in [1.165, 1.54) is 12.4 Å². The first-order valence-corrected chi connectivity index (χ1v) is 9.13. The van der Waals surface area contributed by atoms with Gasteiger partial charge in [-0.2, -0.15) is 13.5 Å². The van der Waals surface area contributed by atoms with Crippen molar-refractivity contribution in [2.45, 2.75) is 23.8 Å². The van der Waals surface area contributed by atoms with Crippen LogP contribution < -0.4 is 4.18 Å². The summed E-state index contributed by atoms with van der Waals surface area (Å²) in [7, 11) is -2.26. The smallest absolute Gasteiger partial charge is 0.342 e. The average molecular weight is 352 g/mol. The summed E-state index contributed by atoms with van der Waals surface area (Å²) in [6, 6.07) is 7.00. The minimum atomic E-state index is -3.90. The average Bonchev–Trinajstić information content (AvgIpc) is 3.25. The molecule has 0 spiro atoms. The second-order valence-electron chi connectivity index (χ2n) is 5.60. The topological polar surface area (TPSA) is 79.7 Å². The molecule has 8 heteroatoms. The molecule has 1 aliphatic heterocycles. The monoisotopic (exact) mass is 352 g/mol. The van der Waals surface area contributed by atoms with Crippen LogP contribution in [0, 0.1) is 0 Å². The number of rotatable bonds is 7. The van der Waals surface area contributed by atoms with Crippen LogP contribution >= 0.6 is 0 Å². The van der Waals surface area contributed by atoms with Crippen molar-refractivity contribution >= 4 is 10.1 Å². The molecular weight excluding hydrogens is 332 g/mol. The molecule has 0 N–H and O–H groups in total. The van der Waals surface area contributed by atoms with Crippen molar-refractivity contribution in [1.29, 1.82) is 0 Å². The summed E-state index contributed by atoms with van der Waals surface area (Å²) in [4.78, 5) is 0.0397. The van der Waals surface area contributed by atoms with Gasteiger partial charge in [0.25, 0.3) is 0 Å². The van der Waals surface area contributed by atoms with Gasteiger partial charge in [0.1, 0.15) is 10.6 Å². The molecule has 1 aromatic carbocycles. The van der Waals surface area contributed by atoms with Crippen molar-refractivity contribution in [1.82, 2.24) is 9.78 Å². The van der Waals surface area contributed by atoms with E-state index in [2.05, 4.69) is 5.10 Å². The van der Waals surface area contributed by atoms with Gasteiger partial charge < -0.3 is 13.7 Å². The highest BCUT2D eigenvalue weighted by Gasteiger charge is 2.23. The quantitative estimate of drug-likeness (QED) is 0.707. The molecule has 2 aromatic rings. The molecule has 3 rings (SSSR count). The fraction of sp³-hybridized carbons (Fsp3) is 0.438. The normalized spacial score (nSPS) is 18.0. The Balaban J connectivity index is 1.69. The molecule has 0 aliphatic carbocycles. The van der Waals surface area contributed by atoms with Gasteiger partial charge in [0.15, 0.2) is 0 Å². The molecule has 0 radical (unpaired) electrons. The summed E-state index contributed by atoms with van der Waals surface area (Å²) in [6.45, 7) is 1.83. The number of benzene rings is 1. The van der Waals surface area contributed by atoms with Crippen molar-refractivity contribution in [3.05, 3.63) is 42.2 Å². The highest BCUT2D eigenvalue weighted by molar-refractivity contribution is 7.87. The number of ether oxygens (including phenoxy) is 2. The van der Waals surface area contributed by atoms with Crippen LogP contribution in [0.2, 0.25) is 0 Å². The minimum Gasteiger partial charge on any atom is -0.384 e. The maximum Gasteiger partial charge on any atom is 0.342 e. The fourth-order valence-electron chi connectivity index (χ4n) is 2.49. The summed E-state index contributed by atoms with van der Waals surface area (Å²) in [5.41, 5.74) is 1.05. The van der Waals surface area contributed by atoms with Gasteiger partial charge >= 0.3 is 10.1 Å². The number of nitrogens with zero attached hydrogens (tertiary/aromatic N) is 2. The Kier molecular flexibility index (Phi) is 5.17. The van der Waals surface area contributed by atoms with Crippen LogP contribution in [0.4, 0.5) is 0 Å². The maximum absolute atomic E-state index is 12.4. The van der Waals surface area contributed by atoms with Gasteiger partial charge in [-0.25, -0.2) is 0 Å². The number of hydrogen-bond donors (Lipinski definition) is 0. The van der Waals surface area contributed by atoms with Crippen LogP contribution in [0.15, 0.2) is 41.6 Å². The van der Waals surface area contributed by atoms with E-state index in [1.54, 1.807) is 23.9 Å². The Morgan fingerprint density at radius 2 is 2.12 bits per heavy atom. The van der Waals surface area contributed by atoms with Gasteiger partial charge in [-0.1, -0.05) is 12.1 Å². The van der Waals surface area contributed by atoms with E-state index >= 15 is 0 Å². The third-order valence-electron chi connectivity index (χ3n) is 3.87. The molecule has 1 aromatic heterocycles. The van der Waals surface area contributed by atoms with Gasteiger partial charge in [0.05, 0.1) is 25.5 Å². The van der Waals surface area contributed by atoms with E-state index in [0.717, 1.165) is 18.4 Å². The van der Waals surface area contributed by atoms with Crippen LogP contribution in [0.5, 0.6) is 5.75 Å². The minimum absolute atomic E-state index is 0.0397. The first-order valence-electron chi connectivity index (χ1n) is 7.73. The zero-order valence-electron chi connectivity index (χ0n) is 13.4. The summed E-state index contributed by atoms with van der Waals surface area (Å²) >= 11 is 0. The van der Waals surface area contributed by atoms with Crippen molar-refractivity contribution in [3.8, 4) is 5.75 Å². The lowest BCUT2D eigenvalue weighted by molar-refractivity contribution is 0.184. The van der Waals surface area contributed by atoms with Gasteiger partial charge in [-0.05, 0) is 30.5 Å². The van der Waals surface area contributed by atoms with Crippen LogP contribution in [-0.4, -0.2) is 45.1 Å². The molecule has 130 valence electrons. The van der Waals surface area contributed by atoms with E-state index in [0.29, 0.717) is 19.8 Å². The van der Waals surface area contributed by atoms with E-state index in [-0.39, 0.29) is 16.7 Å². The molecule has 24 heavy (non-hydrogen) atoms. The van der Waals surface area contributed by atoms with Crippen LogP contribution in [0.25, 0.3) is 0 Å². The van der Waals surface area contributed by atoms with Crippen LogP contribution in [0.1, 0.15) is 18.0 Å². The summed E-state index contributed by atoms with van der Waals surface area (Å²) in [6.07, 6.45) is 4.38. The van der Waals surface area contributed by atoms with E-state index < -0.39 is 10.1 Å². The third kappa shape index (κ3) is 3.95. The third-order valence-corrected chi connectivity index (χ3v) is 5.07. The summed E-state index contributed by atoms with van der Waals surface area (Å²) in [5.74, 6) is 0.271. The Hall–Kier alpha value is -1.90. The van der Waals surface area contributed by atoms with E-state index in [9.17, 15) is 8.42 Å². The Bertz CT molecular complexity index is 764. The van der Waals surface area contributed by atoms with Crippen LogP contribution in [0.3, 0.4) is 0 Å². The highest BCUT2D eigenvalue weighted by Crippen LogP contribution is 2.22. The van der Waals surface area contributed by atoms with Crippen LogP contribution in [-0.2, 0) is 26.0 Å². The predicted molar refractivity (Wildman–Crippen MR) is 86.5 cm³/mol. The summed E-state index contributed by atoms with van der Waals surface area (Å²) in [5, 5.41) is 4.12. The molecular formula is C16H20N2O5S. The molecule has 1 fully saturated rings. The van der Waals surface area contributed by atoms with Crippen molar-refractivity contribution in [3.63, 3.8) is 0 Å². The maximum atomic E-state index is 12.4. The molecule has 0 unspecified atom stereocenters. The molecule has 1 aliphatic rings. The Labute approximate surface area is 141 Å². The Morgan fingerprint density at radius 3 is 2.79 bits per heavy atom. The van der Waals surface area contributed by atoms with Crippen molar-refractivity contribution < 1.29 is 22.1 Å². The lowest BCUT2D eigenvalue weighted by Gasteiger charge is -2.08. The lowest BCUT2D eigenvalue weighted by atomic mass is 10.1. The zero-order valence-corrected chi connectivity index (χ0v) is 14.2. The SMILES string of the molecule is COCCc1ccc(OS(=O)(=O)c2cnn([C@H]3CCOC3)c2)cc1. The molecule has 0 bridgehead atoms. The standard InChI is InChI=1S/C16H20N2O5S/c1-21-8-6-13-2-4-15(5-3-13)23-24(19,20)16-10-17-18(11-16)14-7-9-22-12-14/h2-5,10-11,14H,6-9,12H2,1H3/t14-/m0/s1. The number of aromatic nitrogens is 2. The fourth-order valence-corrected chi connectivity index (χ4v) is 3.36. The molecule has 2 heterocycles. The molecule has 1 atom stereocenters. The van der Waals surface area contributed by atoms with Crippen molar-refractivity contribution in [2.75, 3.05) is 26.9 Å². The van der Waals surface area contributed by atoms with Crippen molar-refractivity contribution in [2.24, 2.45) is 0 Å². The number of methoxy groups -OCH3 is 1. The number of hydrogen-bond acceptors (Lipinski definition) is 6. The highest BCUT2D eigenvalue weighted by atomic mass is 32.2. The molecule has 0 amide bonds. The largest absolute Gasteiger partial charge is 0.384 e. The van der Waals surface area contributed by atoms with Gasteiger partial charge in [-0.15, -0.1) is 0 Å². The second-order valence-corrected chi connectivity index (χ2v) is 7.14. The first-order chi connectivity index (χ1) is 11.6. The Morgan fingerprint density at radius 1 is 1.33 bits per heavy atom. The van der Waals surface area contributed by atoms with E-state index in [4.69, 9.17) is 13.7 Å². The second kappa shape index (κ2) is 7.33.